The maximum absolute atomic E-state index is 6.00. The molecule has 21 heavy (non-hydrogen) atoms. The topological polar surface area (TPSA) is 36.3 Å². The molecule has 6 heteroatoms. The largest absolute Gasteiger partial charge is 0.497 e. The summed E-state index contributed by atoms with van der Waals surface area (Å²) < 4.78 is 13.1. The summed E-state index contributed by atoms with van der Waals surface area (Å²) in [6.07, 6.45) is 0. The van der Waals surface area contributed by atoms with Crippen molar-refractivity contribution in [2.45, 2.75) is 38.3 Å². The number of hydrogen-bond donors (Lipinski definition) is 0. The number of halogens is 1. The van der Waals surface area contributed by atoms with Crippen molar-refractivity contribution in [2.75, 3.05) is 13.7 Å². The standard InChI is InChI=1S/C15H23ClN2O2Si/c1-19-12-5-6-14-13(9-12)17-15(10-16)18(14)11-20-7-8-21(2,3)4/h5-6,9H,7-8,10-11H2,1-4H3. The summed E-state index contributed by atoms with van der Waals surface area (Å²) >= 11 is 6.00. The summed E-state index contributed by atoms with van der Waals surface area (Å²) in [5.74, 6) is 2.00. The van der Waals surface area contributed by atoms with Crippen LogP contribution in [0.5, 0.6) is 5.75 Å². The first-order valence-corrected chi connectivity index (χ1v) is 11.4. The van der Waals surface area contributed by atoms with Crippen LogP contribution in [0, 0.1) is 0 Å². The first kappa shape index (κ1) is 16.3. The lowest BCUT2D eigenvalue weighted by Crippen LogP contribution is -2.22. The van der Waals surface area contributed by atoms with Gasteiger partial charge in [-0.05, 0) is 18.2 Å². The average molecular weight is 327 g/mol. The van der Waals surface area contributed by atoms with Crippen LogP contribution in [0.2, 0.25) is 25.7 Å². The van der Waals surface area contributed by atoms with E-state index in [1.807, 2.05) is 22.8 Å². The second kappa shape index (κ2) is 6.81. The Balaban J connectivity index is 2.14. The highest BCUT2D eigenvalue weighted by Crippen LogP contribution is 2.22. The highest BCUT2D eigenvalue weighted by Gasteiger charge is 2.14. The number of hydrogen-bond acceptors (Lipinski definition) is 3. The number of methoxy groups -OCH3 is 1. The Morgan fingerprint density at radius 1 is 1.29 bits per heavy atom. The van der Waals surface area contributed by atoms with Crippen LogP contribution in [-0.4, -0.2) is 31.3 Å². The van der Waals surface area contributed by atoms with Crippen LogP contribution in [0.4, 0.5) is 0 Å². The minimum Gasteiger partial charge on any atom is -0.497 e. The molecule has 1 heterocycles. The lowest BCUT2D eigenvalue weighted by molar-refractivity contribution is 0.0883. The molecule has 0 saturated carbocycles. The van der Waals surface area contributed by atoms with Gasteiger partial charge in [0.15, 0.2) is 0 Å². The van der Waals surface area contributed by atoms with Crippen molar-refractivity contribution in [3.8, 4) is 5.75 Å². The molecule has 0 aliphatic carbocycles. The Hall–Kier alpha value is -1.04. The van der Waals surface area contributed by atoms with Gasteiger partial charge in [0.05, 0.1) is 24.0 Å². The number of fused-ring (bicyclic) bond motifs is 1. The van der Waals surface area contributed by atoms with Gasteiger partial charge in [0.1, 0.15) is 18.3 Å². The summed E-state index contributed by atoms with van der Waals surface area (Å²) in [4.78, 5) is 4.55. The molecule has 0 spiro atoms. The number of alkyl halides is 1. The number of imidazole rings is 1. The molecule has 4 nitrogen and oxygen atoms in total. The van der Waals surface area contributed by atoms with Crippen LogP contribution >= 0.6 is 11.6 Å². The molecule has 0 bridgehead atoms. The highest BCUT2D eigenvalue weighted by atomic mass is 35.5. The fraction of sp³-hybridized carbons (Fsp3) is 0.533. The van der Waals surface area contributed by atoms with Crippen molar-refractivity contribution in [3.63, 3.8) is 0 Å². The molecule has 0 unspecified atom stereocenters. The summed E-state index contributed by atoms with van der Waals surface area (Å²) in [5, 5.41) is 0. The normalized spacial score (nSPS) is 12.0. The van der Waals surface area contributed by atoms with Crippen LogP contribution in [0.15, 0.2) is 18.2 Å². The molecule has 0 aliphatic rings. The van der Waals surface area contributed by atoms with E-state index in [-0.39, 0.29) is 0 Å². The molecule has 0 radical (unpaired) electrons. The molecule has 0 aliphatic heterocycles. The van der Waals surface area contributed by atoms with Gasteiger partial charge in [0.25, 0.3) is 0 Å². The average Bonchev–Trinajstić information content (AvgIpc) is 2.79. The van der Waals surface area contributed by atoms with Gasteiger partial charge in [-0.2, -0.15) is 0 Å². The highest BCUT2D eigenvalue weighted by molar-refractivity contribution is 6.76. The molecule has 0 fully saturated rings. The third kappa shape index (κ3) is 4.22. The van der Waals surface area contributed by atoms with Crippen LogP contribution in [0.25, 0.3) is 11.0 Å². The number of nitrogens with zero attached hydrogens (tertiary/aromatic N) is 2. The molecule has 1 aromatic carbocycles. The van der Waals surface area contributed by atoms with Crippen LogP contribution in [0.3, 0.4) is 0 Å². The Labute approximate surface area is 132 Å². The zero-order chi connectivity index (χ0) is 15.5. The van der Waals surface area contributed by atoms with Gasteiger partial charge in [-0.15, -0.1) is 11.6 Å². The van der Waals surface area contributed by atoms with Crippen molar-refractivity contribution in [2.24, 2.45) is 0 Å². The maximum atomic E-state index is 6.00. The molecule has 116 valence electrons. The van der Waals surface area contributed by atoms with E-state index in [0.717, 1.165) is 35.3 Å². The minimum absolute atomic E-state index is 0.369. The van der Waals surface area contributed by atoms with Crippen molar-refractivity contribution < 1.29 is 9.47 Å². The van der Waals surface area contributed by atoms with Crippen LogP contribution < -0.4 is 4.74 Å². The molecule has 1 aromatic heterocycles. The lowest BCUT2D eigenvalue weighted by Gasteiger charge is -2.16. The first-order chi connectivity index (χ1) is 9.94. The van der Waals surface area contributed by atoms with Crippen molar-refractivity contribution in [1.82, 2.24) is 9.55 Å². The Morgan fingerprint density at radius 3 is 2.67 bits per heavy atom. The quantitative estimate of drug-likeness (QED) is 0.436. The third-order valence-corrected chi connectivity index (χ3v) is 5.31. The summed E-state index contributed by atoms with van der Waals surface area (Å²) in [6.45, 7) is 8.32. The lowest BCUT2D eigenvalue weighted by atomic mass is 10.3. The van der Waals surface area contributed by atoms with Gasteiger partial charge in [-0.1, -0.05) is 19.6 Å². The number of benzene rings is 1. The Morgan fingerprint density at radius 2 is 2.05 bits per heavy atom. The van der Waals surface area contributed by atoms with Gasteiger partial charge >= 0.3 is 0 Å². The van der Waals surface area contributed by atoms with Crippen molar-refractivity contribution in [3.05, 3.63) is 24.0 Å². The van der Waals surface area contributed by atoms with Crippen molar-refractivity contribution in [1.29, 1.82) is 0 Å². The van der Waals surface area contributed by atoms with Gasteiger partial charge in [0, 0.05) is 20.7 Å². The van der Waals surface area contributed by atoms with Gasteiger partial charge in [-0.25, -0.2) is 4.98 Å². The molecular formula is C15H23ClN2O2Si. The number of rotatable bonds is 7. The zero-order valence-electron chi connectivity index (χ0n) is 13.1. The predicted molar refractivity (Wildman–Crippen MR) is 89.9 cm³/mol. The third-order valence-electron chi connectivity index (χ3n) is 3.37. The monoisotopic (exact) mass is 326 g/mol. The summed E-state index contributed by atoms with van der Waals surface area (Å²) in [7, 11) is 0.593. The van der Waals surface area contributed by atoms with Crippen molar-refractivity contribution >= 4 is 30.7 Å². The second-order valence-corrected chi connectivity index (χ2v) is 12.2. The molecule has 2 rings (SSSR count). The summed E-state index contributed by atoms with van der Waals surface area (Å²) in [5.41, 5.74) is 1.92. The molecule has 0 amide bonds. The van der Waals surface area contributed by atoms with Gasteiger partial charge in [-0.3, -0.25) is 0 Å². The second-order valence-electron chi connectivity index (χ2n) is 6.29. The molecule has 2 aromatic rings. The predicted octanol–water partition coefficient (Wildman–Crippen LogP) is 4.10. The van der Waals surface area contributed by atoms with E-state index in [2.05, 4.69) is 24.6 Å². The van der Waals surface area contributed by atoms with E-state index >= 15 is 0 Å². The minimum atomic E-state index is -1.06. The van der Waals surface area contributed by atoms with E-state index < -0.39 is 8.07 Å². The van der Waals surface area contributed by atoms with Crippen LogP contribution in [0.1, 0.15) is 5.82 Å². The van der Waals surface area contributed by atoms with E-state index in [1.54, 1.807) is 7.11 Å². The van der Waals surface area contributed by atoms with E-state index in [9.17, 15) is 0 Å². The summed E-state index contributed by atoms with van der Waals surface area (Å²) in [6, 6.07) is 7.01. The number of aromatic nitrogens is 2. The van der Waals surface area contributed by atoms with Gasteiger partial charge in [0.2, 0.25) is 0 Å². The SMILES string of the molecule is COc1ccc2c(c1)nc(CCl)n2COCC[Si](C)(C)C. The fourth-order valence-electron chi connectivity index (χ4n) is 2.07. The van der Waals surface area contributed by atoms with Crippen LogP contribution in [-0.2, 0) is 17.3 Å². The number of ether oxygens (including phenoxy) is 2. The van der Waals surface area contributed by atoms with E-state index in [0.29, 0.717) is 12.6 Å². The molecule has 0 atom stereocenters. The molecule has 0 N–H and O–H groups in total. The Bertz CT molecular complexity index is 607. The first-order valence-electron chi connectivity index (χ1n) is 7.11. The maximum Gasteiger partial charge on any atom is 0.126 e. The smallest absolute Gasteiger partial charge is 0.126 e. The van der Waals surface area contributed by atoms with E-state index in [4.69, 9.17) is 21.1 Å². The fourth-order valence-corrected chi connectivity index (χ4v) is 3.03. The molecular weight excluding hydrogens is 304 g/mol. The zero-order valence-corrected chi connectivity index (χ0v) is 14.9. The van der Waals surface area contributed by atoms with E-state index in [1.165, 1.54) is 0 Å². The Kier molecular flexibility index (Phi) is 5.30. The van der Waals surface area contributed by atoms with Gasteiger partial charge < -0.3 is 14.0 Å². The molecule has 0 saturated heterocycles.